The van der Waals surface area contributed by atoms with Crippen LogP contribution in [0.5, 0.6) is 0 Å². The number of fused-ring (bicyclic) bond motifs is 1. The van der Waals surface area contributed by atoms with Gasteiger partial charge in [-0.15, -0.1) is 0 Å². The van der Waals surface area contributed by atoms with Gasteiger partial charge < -0.3 is 14.3 Å². The first-order chi connectivity index (χ1) is 10.8. The zero-order chi connectivity index (χ0) is 17.0. The van der Waals surface area contributed by atoms with E-state index in [4.69, 9.17) is 14.3 Å². The van der Waals surface area contributed by atoms with E-state index in [2.05, 4.69) is 4.98 Å². The van der Waals surface area contributed by atoms with Crippen LogP contribution in [0.25, 0.3) is 11.1 Å². The van der Waals surface area contributed by atoms with Crippen LogP contribution in [-0.4, -0.2) is 34.3 Å². The number of nitrogens with zero attached hydrogens (tertiary/aromatic N) is 2. The standard InChI is InChI=1S/C16H20N2O5/c1-16(2,3)23-15(21)18(10-6-9-13(19)20)14-17-11-7-4-5-8-12(11)22-14/h4-5,7-8H,6,9-10H2,1-3H3,(H,19,20). The van der Waals surface area contributed by atoms with Gasteiger partial charge in [0.25, 0.3) is 0 Å². The molecule has 1 amide bonds. The third-order valence-electron chi connectivity index (χ3n) is 2.90. The van der Waals surface area contributed by atoms with Crippen molar-refractivity contribution >= 4 is 29.2 Å². The number of para-hydroxylation sites is 2. The van der Waals surface area contributed by atoms with E-state index in [9.17, 15) is 9.59 Å². The van der Waals surface area contributed by atoms with Crippen LogP contribution in [0.2, 0.25) is 0 Å². The number of amides is 1. The summed E-state index contributed by atoms with van der Waals surface area (Å²) in [5.41, 5.74) is 0.498. The predicted molar refractivity (Wildman–Crippen MR) is 84.5 cm³/mol. The highest BCUT2D eigenvalue weighted by atomic mass is 16.6. The molecule has 0 aliphatic heterocycles. The largest absolute Gasteiger partial charge is 0.481 e. The molecule has 0 saturated heterocycles. The summed E-state index contributed by atoms with van der Waals surface area (Å²) in [7, 11) is 0. The Morgan fingerprint density at radius 1 is 1.30 bits per heavy atom. The van der Waals surface area contributed by atoms with Crippen LogP contribution in [0.3, 0.4) is 0 Å². The molecule has 0 aliphatic carbocycles. The van der Waals surface area contributed by atoms with Gasteiger partial charge in [0.05, 0.1) is 0 Å². The van der Waals surface area contributed by atoms with Crippen molar-refractivity contribution in [1.29, 1.82) is 0 Å². The summed E-state index contributed by atoms with van der Waals surface area (Å²) in [6.07, 6.45) is -0.401. The second-order valence-electron chi connectivity index (χ2n) is 6.09. The Bertz CT molecular complexity index is 669. The van der Waals surface area contributed by atoms with Gasteiger partial charge >= 0.3 is 18.1 Å². The molecule has 1 aromatic carbocycles. The van der Waals surface area contributed by atoms with Crippen molar-refractivity contribution in [2.75, 3.05) is 11.4 Å². The number of ether oxygens (including phenoxy) is 1. The Labute approximate surface area is 133 Å². The summed E-state index contributed by atoms with van der Waals surface area (Å²) in [6.45, 7) is 5.42. The molecule has 0 spiro atoms. The van der Waals surface area contributed by atoms with Crippen molar-refractivity contribution in [3.63, 3.8) is 0 Å². The van der Waals surface area contributed by atoms with Crippen LogP contribution in [0, 0.1) is 0 Å². The fourth-order valence-electron chi connectivity index (χ4n) is 1.95. The van der Waals surface area contributed by atoms with Gasteiger partial charge in [-0.3, -0.25) is 4.79 Å². The van der Waals surface area contributed by atoms with E-state index in [0.717, 1.165) is 0 Å². The van der Waals surface area contributed by atoms with E-state index >= 15 is 0 Å². The molecule has 0 atom stereocenters. The molecule has 1 N–H and O–H groups in total. The van der Waals surface area contributed by atoms with Crippen molar-refractivity contribution in [3.05, 3.63) is 24.3 Å². The normalized spacial score (nSPS) is 11.4. The fourth-order valence-corrected chi connectivity index (χ4v) is 1.95. The molecule has 0 saturated carbocycles. The molecule has 0 fully saturated rings. The first-order valence-corrected chi connectivity index (χ1v) is 7.34. The topological polar surface area (TPSA) is 92.9 Å². The van der Waals surface area contributed by atoms with Gasteiger partial charge in [0.2, 0.25) is 0 Å². The van der Waals surface area contributed by atoms with E-state index in [-0.39, 0.29) is 25.4 Å². The van der Waals surface area contributed by atoms with Gasteiger partial charge in [-0.1, -0.05) is 12.1 Å². The Kier molecular flexibility index (Phi) is 4.88. The number of oxazole rings is 1. The second-order valence-corrected chi connectivity index (χ2v) is 6.09. The number of aromatic nitrogens is 1. The zero-order valence-corrected chi connectivity index (χ0v) is 13.4. The minimum atomic E-state index is -0.924. The van der Waals surface area contributed by atoms with E-state index in [1.54, 1.807) is 39.0 Å². The number of anilines is 1. The number of carbonyl (C=O) groups is 2. The minimum absolute atomic E-state index is 0.0560. The molecule has 7 heteroatoms. The number of carboxylic acid groups (broad SMARTS) is 1. The molecule has 0 radical (unpaired) electrons. The first kappa shape index (κ1) is 16.8. The van der Waals surface area contributed by atoms with Crippen LogP contribution in [0.1, 0.15) is 33.6 Å². The summed E-state index contributed by atoms with van der Waals surface area (Å²) in [6, 6.07) is 7.24. The number of hydrogen-bond donors (Lipinski definition) is 1. The third kappa shape index (κ3) is 4.70. The summed E-state index contributed by atoms with van der Waals surface area (Å²) in [5.74, 6) is -0.924. The molecule has 2 aromatic rings. The first-order valence-electron chi connectivity index (χ1n) is 7.34. The maximum atomic E-state index is 12.4. The second kappa shape index (κ2) is 6.68. The molecule has 0 unspecified atom stereocenters. The summed E-state index contributed by atoms with van der Waals surface area (Å²) < 4.78 is 10.9. The fraction of sp³-hybridized carbons (Fsp3) is 0.438. The molecule has 1 heterocycles. The molecular formula is C16H20N2O5. The minimum Gasteiger partial charge on any atom is -0.481 e. The van der Waals surface area contributed by atoms with Crippen molar-refractivity contribution in [2.24, 2.45) is 0 Å². The maximum absolute atomic E-state index is 12.4. The quantitative estimate of drug-likeness (QED) is 0.907. The van der Waals surface area contributed by atoms with E-state index in [1.165, 1.54) is 4.90 Å². The van der Waals surface area contributed by atoms with Crippen molar-refractivity contribution < 1.29 is 23.8 Å². The van der Waals surface area contributed by atoms with Crippen molar-refractivity contribution in [2.45, 2.75) is 39.2 Å². The average molecular weight is 320 g/mol. The lowest BCUT2D eigenvalue weighted by atomic mass is 10.2. The molecular weight excluding hydrogens is 300 g/mol. The number of hydrogen-bond acceptors (Lipinski definition) is 5. The molecule has 1 aromatic heterocycles. The Balaban J connectivity index is 2.24. The van der Waals surface area contributed by atoms with Crippen LogP contribution in [0.15, 0.2) is 28.7 Å². The Morgan fingerprint density at radius 2 is 2.00 bits per heavy atom. The molecule has 124 valence electrons. The highest BCUT2D eigenvalue weighted by Crippen LogP contribution is 2.23. The lowest BCUT2D eigenvalue weighted by Gasteiger charge is -2.24. The summed E-state index contributed by atoms with van der Waals surface area (Å²) in [4.78, 5) is 28.6. The van der Waals surface area contributed by atoms with Gasteiger partial charge in [-0.05, 0) is 39.3 Å². The number of benzene rings is 1. The monoisotopic (exact) mass is 320 g/mol. The van der Waals surface area contributed by atoms with Gasteiger partial charge in [0.1, 0.15) is 11.1 Å². The van der Waals surface area contributed by atoms with Gasteiger partial charge in [-0.25, -0.2) is 9.69 Å². The molecule has 2 rings (SSSR count). The smallest absolute Gasteiger partial charge is 0.418 e. The molecule has 0 aliphatic rings. The number of carbonyl (C=O) groups excluding carboxylic acids is 1. The number of rotatable bonds is 5. The summed E-state index contributed by atoms with van der Waals surface area (Å²) in [5, 5.41) is 8.76. The highest BCUT2D eigenvalue weighted by molar-refractivity contribution is 5.87. The van der Waals surface area contributed by atoms with Crippen molar-refractivity contribution in [1.82, 2.24) is 4.98 Å². The van der Waals surface area contributed by atoms with Crippen LogP contribution >= 0.6 is 0 Å². The van der Waals surface area contributed by atoms with E-state index in [1.807, 2.05) is 6.07 Å². The number of aliphatic carboxylic acids is 1. The SMILES string of the molecule is CC(C)(C)OC(=O)N(CCCC(=O)O)c1nc2ccccc2o1. The molecule has 0 bridgehead atoms. The van der Waals surface area contributed by atoms with E-state index in [0.29, 0.717) is 11.1 Å². The third-order valence-corrected chi connectivity index (χ3v) is 2.90. The average Bonchev–Trinajstić information content (AvgIpc) is 2.84. The van der Waals surface area contributed by atoms with Crippen molar-refractivity contribution in [3.8, 4) is 0 Å². The Hall–Kier alpha value is -2.57. The lowest BCUT2D eigenvalue weighted by Crippen LogP contribution is -2.37. The van der Waals surface area contributed by atoms with Gasteiger partial charge in [0, 0.05) is 13.0 Å². The van der Waals surface area contributed by atoms with Crippen LogP contribution in [0.4, 0.5) is 10.8 Å². The lowest BCUT2D eigenvalue weighted by molar-refractivity contribution is -0.137. The van der Waals surface area contributed by atoms with E-state index < -0.39 is 17.7 Å². The predicted octanol–water partition coefficient (Wildman–Crippen LogP) is 3.43. The van der Waals surface area contributed by atoms with Crippen LogP contribution in [-0.2, 0) is 9.53 Å². The highest BCUT2D eigenvalue weighted by Gasteiger charge is 2.26. The molecule has 23 heavy (non-hydrogen) atoms. The molecule has 7 nitrogen and oxygen atoms in total. The van der Waals surface area contributed by atoms with Gasteiger partial charge in [-0.2, -0.15) is 4.98 Å². The summed E-state index contributed by atoms with van der Waals surface area (Å²) >= 11 is 0. The number of carboxylic acids is 1. The maximum Gasteiger partial charge on any atom is 0.418 e. The zero-order valence-electron chi connectivity index (χ0n) is 13.4. The van der Waals surface area contributed by atoms with Crippen LogP contribution < -0.4 is 4.90 Å². The van der Waals surface area contributed by atoms with Gasteiger partial charge in [0.15, 0.2) is 5.58 Å². The Morgan fingerprint density at radius 3 is 2.61 bits per heavy atom.